The lowest BCUT2D eigenvalue weighted by Gasteiger charge is -2.18. The van der Waals surface area contributed by atoms with Gasteiger partial charge in [0.05, 0.1) is 15.1 Å². The Morgan fingerprint density at radius 3 is 2.52 bits per heavy atom. The number of nitro benzene ring substituents is 1. The molecule has 0 N–H and O–H groups in total. The van der Waals surface area contributed by atoms with Gasteiger partial charge in [-0.2, -0.15) is 4.99 Å². The lowest BCUT2D eigenvalue weighted by Crippen LogP contribution is -2.17. The van der Waals surface area contributed by atoms with Crippen molar-refractivity contribution >= 4 is 33.1 Å². The Bertz CT molecular complexity index is 1110. The number of non-ortho nitro benzene ring substituents is 1. The third-order valence-electron chi connectivity index (χ3n) is 4.19. The summed E-state index contributed by atoms with van der Waals surface area (Å²) in [5, 5.41) is 10.7. The van der Waals surface area contributed by atoms with Gasteiger partial charge in [0, 0.05) is 36.4 Å². The van der Waals surface area contributed by atoms with Gasteiger partial charge < -0.3 is 14.0 Å². The fourth-order valence-electron chi connectivity index (χ4n) is 2.87. The standard InChI is InChI=1S/C18H15N3O5S/c1-2-20-13-9-14-15(26-8-7-25-14)10-16(13)27-18(20)19-17(22)11-3-5-12(6-4-11)21(23)24/h3-6,9-10H,2,7-8H2,1H3. The fourth-order valence-corrected chi connectivity index (χ4v) is 3.98. The van der Waals surface area contributed by atoms with Crippen LogP contribution in [-0.2, 0) is 6.54 Å². The number of nitro groups is 1. The molecule has 0 saturated heterocycles. The van der Waals surface area contributed by atoms with E-state index in [1.807, 2.05) is 23.6 Å². The van der Waals surface area contributed by atoms with Gasteiger partial charge in [-0.25, -0.2) is 0 Å². The van der Waals surface area contributed by atoms with Crippen molar-refractivity contribution < 1.29 is 19.2 Å². The lowest BCUT2D eigenvalue weighted by molar-refractivity contribution is -0.384. The molecule has 1 aromatic heterocycles. The van der Waals surface area contributed by atoms with Crippen molar-refractivity contribution in [3.8, 4) is 11.5 Å². The van der Waals surface area contributed by atoms with Crippen molar-refractivity contribution in [2.75, 3.05) is 13.2 Å². The van der Waals surface area contributed by atoms with Crippen LogP contribution in [0.5, 0.6) is 11.5 Å². The smallest absolute Gasteiger partial charge is 0.279 e. The van der Waals surface area contributed by atoms with Gasteiger partial charge in [-0.05, 0) is 19.1 Å². The van der Waals surface area contributed by atoms with Gasteiger partial charge in [-0.1, -0.05) is 11.3 Å². The quantitative estimate of drug-likeness (QED) is 0.510. The number of carbonyl (C=O) groups excluding carboxylic acids is 1. The highest BCUT2D eigenvalue weighted by atomic mass is 32.1. The topological polar surface area (TPSA) is 96.0 Å². The number of carbonyl (C=O) groups is 1. The summed E-state index contributed by atoms with van der Waals surface area (Å²) in [5.74, 6) is 0.921. The molecule has 8 nitrogen and oxygen atoms in total. The molecule has 138 valence electrons. The molecular weight excluding hydrogens is 370 g/mol. The third kappa shape index (κ3) is 3.17. The highest BCUT2D eigenvalue weighted by Crippen LogP contribution is 2.35. The van der Waals surface area contributed by atoms with Crippen LogP contribution in [0.3, 0.4) is 0 Å². The molecule has 0 spiro atoms. The van der Waals surface area contributed by atoms with Crippen LogP contribution < -0.4 is 14.3 Å². The molecule has 0 atom stereocenters. The number of amides is 1. The van der Waals surface area contributed by atoms with Crippen molar-refractivity contribution in [1.82, 2.24) is 4.57 Å². The van der Waals surface area contributed by atoms with E-state index in [2.05, 4.69) is 4.99 Å². The predicted molar refractivity (Wildman–Crippen MR) is 99.5 cm³/mol. The van der Waals surface area contributed by atoms with Crippen LogP contribution in [0.1, 0.15) is 17.3 Å². The SMILES string of the molecule is CCn1c(=NC(=O)c2ccc([N+](=O)[O-])cc2)sc2cc3c(cc21)OCCO3. The van der Waals surface area contributed by atoms with E-state index in [1.54, 1.807) is 0 Å². The average Bonchev–Trinajstić information content (AvgIpc) is 3.01. The first kappa shape index (κ1) is 17.2. The number of aryl methyl sites for hydroxylation is 1. The molecule has 2 aromatic carbocycles. The van der Waals surface area contributed by atoms with Crippen LogP contribution in [0.25, 0.3) is 10.2 Å². The van der Waals surface area contributed by atoms with E-state index in [1.165, 1.54) is 35.6 Å². The molecule has 4 rings (SSSR count). The first-order valence-electron chi connectivity index (χ1n) is 8.33. The first-order chi connectivity index (χ1) is 13.1. The molecule has 0 aliphatic carbocycles. The van der Waals surface area contributed by atoms with Crippen LogP contribution in [0.2, 0.25) is 0 Å². The zero-order valence-electron chi connectivity index (χ0n) is 14.4. The predicted octanol–water partition coefficient (Wildman–Crippen LogP) is 3.14. The maximum atomic E-state index is 12.5. The van der Waals surface area contributed by atoms with E-state index in [0.29, 0.717) is 41.6 Å². The Balaban J connectivity index is 1.77. The van der Waals surface area contributed by atoms with Crippen molar-refractivity contribution in [2.45, 2.75) is 13.5 Å². The summed E-state index contributed by atoms with van der Waals surface area (Å²) < 4.78 is 14.1. The van der Waals surface area contributed by atoms with Crippen LogP contribution in [0.15, 0.2) is 41.4 Å². The minimum atomic E-state index is -0.506. The van der Waals surface area contributed by atoms with Gasteiger partial charge in [-0.15, -0.1) is 0 Å². The summed E-state index contributed by atoms with van der Waals surface area (Å²) in [6.45, 7) is 3.61. The molecule has 9 heteroatoms. The number of thiazole rings is 1. The molecule has 0 radical (unpaired) electrons. The van der Waals surface area contributed by atoms with Crippen LogP contribution >= 0.6 is 11.3 Å². The van der Waals surface area contributed by atoms with E-state index in [4.69, 9.17) is 9.47 Å². The molecular formula is C18H15N3O5S. The average molecular weight is 385 g/mol. The summed E-state index contributed by atoms with van der Waals surface area (Å²) >= 11 is 1.38. The number of hydrogen-bond acceptors (Lipinski definition) is 6. The minimum Gasteiger partial charge on any atom is -0.486 e. The molecule has 0 saturated carbocycles. The molecule has 1 aliphatic rings. The van der Waals surface area contributed by atoms with Crippen molar-refractivity contribution in [3.05, 3.63) is 56.9 Å². The van der Waals surface area contributed by atoms with E-state index < -0.39 is 10.8 Å². The third-order valence-corrected chi connectivity index (χ3v) is 5.23. The van der Waals surface area contributed by atoms with Gasteiger partial charge >= 0.3 is 0 Å². The zero-order valence-corrected chi connectivity index (χ0v) is 15.2. The molecule has 0 bridgehead atoms. The van der Waals surface area contributed by atoms with Crippen molar-refractivity contribution in [3.63, 3.8) is 0 Å². The first-order valence-corrected chi connectivity index (χ1v) is 9.15. The molecule has 0 fully saturated rings. The Kier molecular flexibility index (Phi) is 4.36. The largest absolute Gasteiger partial charge is 0.486 e. The summed E-state index contributed by atoms with van der Waals surface area (Å²) in [5.41, 5.74) is 1.15. The number of aromatic nitrogens is 1. The highest BCUT2D eigenvalue weighted by molar-refractivity contribution is 7.16. The Morgan fingerprint density at radius 1 is 1.22 bits per heavy atom. The number of ether oxygens (including phenoxy) is 2. The molecule has 27 heavy (non-hydrogen) atoms. The second kappa shape index (κ2) is 6.84. The van der Waals surface area contributed by atoms with Crippen LogP contribution in [0.4, 0.5) is 5.69 Å². The summed E-state index contributed by atoms with van der Waals surface area (Å²) in [7, 11) is 0. The van der Waals surface area contributed by atoms with Crippen LogP contribution in [0, 0.1) is 10.1 Å². The fraction of sp³-hybridized carbons (Fsp3) is 0.222. The summed E-state index contributed by atoms with van der Waals surface area (Å²) in [6, 6.07) is 9.21. The Labute approximate surface area is 157 Å². The molecule has 1 amide bonds. The summed E-state index contributed by atoms with van der Waals surface area (Å²) in [6.07, 6.45) is 0. The maximum Gasteiger partial charge on any atom is 0.279 e. The van der Waals surface area contributed by atoms with Gasteiger partial charge in [-0.3, -0.25) is 14.9 Å². The van der Waals surface area contributed by atoms with Crippen molar-refractivity contribution in [1.29, 1.82) is 0 Å². The monoisotopic (exact) mass is 385 g/mol. The Hall–Kier alpha value is -3.20. The van der Waals surface area contributed by atoms with Crippen molar-refractivity contribution in [2.24, 2.45) is 4.99 Å². The van der Waals surface area contributed by atoms with Gasteiger partial charge in [0.25, 0.3) is 11.6 Å². The molecule has 2 heterocycles. The molecule has 3 aromatic rings. The maximum absolute atomic E-state index is 12.5. The number of nitrogens with zero attached hydrogens (tertiary/aromatic N) is 3. The van der Waals surface area contributed by atoms with Gasteiger partial charge in [0.15, 0.2) is 16.3 Å². The highest BCUT2D eigenvalue weighted by Gasteiger charge is 2.16. The van der Waals surface area contributed by atoms with E-state index in [0.717, 1.165) is 10.2 Å². The zero-order chi connectivity index (χ0) is 19.0. The van der Waals surface area contributed by atoms with Gasteiger partial charge in [0.2, 0.25) is 0 Å². The summed E-state index contributed by atoms with van der Waals surface area (Å²) in [4.78, 5) is 27.5. The lowest BCUT2D eigenvalue weighted by atomic mass is 10.2. The van der Waals surface area contributed by atoms with Crippen LogP contribution in [-0.4, -0.2) is 28.6 Å². The van der Waals surface area contributed by atoms with E-state index in [9.17, 15) is 14.9 Å². The number of hydrogen-bond donors (Lipinski definition) is 0. The second-order valence-electron chi connectivity index (χ2n) is 5.81. The van der Waals surface area contributed by atoms with E-state index in [-0.39, 0.29) is 5.69 Å². The number of rotatable bonds is 3. The molecule has 1 aliphatic heterocycles. The number of fused-ring (bicyclic) bond motifs is 2. The number of benzene rings is 2. The minimum absolute atomic E-state index is 0.0670. The molecule has 0 unspecified atom stereocenters. The second-order valence-corrected chi connectivity index (χ2v) is 6.82. The van der Waals surface area contributed by atoms with E-state index >= 15 is 0 Å². The van der Waals surface area contributed by atoms with Gasteiger partial charge in [0.1, 0.15) is 13.2 Å². The Morgan fingerprint density at radius 2 is 1.89 bits per heavy atom. The normalized spacial score (nSPS) is 13.7.